The third kappa shape index (κ3) is 7.03. The molecule has 4 rings (SSSR count). The number of hydrogen-bond acceptors (Lipinski definition) is 2. The van der Waals surface area contributed by atoms with E-state index in [1.165, 1.54) is 6.07 Å². The van der Waals surface area contributed by atoms with Crippen LogP contribution in [0.3, 0.4) is 0 Å². The molecule has 212 valence electrons. The summed E-state index contributed by atoms with van der Waals surface area (Å²) in [6.45, 7) is 2.23. The lowest BCUT2D eigenvalue weighted by Gasteiger charge is -2.12. The van der Waals surface area contributed by atoms with Gasteiger partial charge in [0.25, 0.3) is 0 Å². The van der Waals surface area contributed by atoms with E-state index in [4.69, 9.17) is 4.74 Å². The maximum Gasteiger partial charge on any atom is 0.573 e. The quantitative estimate of drug-likeness (QED) is 0.178. The fourth-order valence-electron chi connectivity index (χ4n) is 4.38. The van der Waals surface area contributed by atoms with Gasteiger partial charge in [0.15, 0.2) is 11.6 Å². The Morgan fingerprint density at radius 2 is 1.32 bits per heavy atom. The van der Waals surface area contributed by atoms with Crippen LogP contribution in [0.1, 0.15) is 35.6 Å². The molecule has 0 aliphatic heterocycles. The number of fused-ring (bicyclic) bond motifs is 1. The summed E-state index contributed by atoms with van der Waals surface area (Å²) in [6, 6.07) is 11.8. The van der Waals surface area contributed by atoms with Crippen molar-refractivity contribution in [1.82, 2.24) is 0 Å². The van der Waals surface area contributed by atoms with Crippen LogP contribution >= 0.6 is 0 Å². The average molecular weight is 569 g/mol. The van der Waals surface area contributed by atoms with Crippen molar-refractivity contribution < 1.29 is 44.6 Å². The largest absolute Gasteiger partial charge is 0.573 e. The standard InChI is InChI=1S/C30H24F8O2/c1-2-11-39-21-15-24(31)23(25(32)16-21)10-5-17-4-9-22-20(12-17)8-7-19(28(22)35)6-3-18-13-26(33)29(27(34)14-18)40-30(36,37)38/h4,7-9,12-16H,2-3,5-6,10-11H2,1H3. The smallest absolute Gasteiger partial charge is 0.493 e. The first-order chi connectivity index (χ1) is 18.9. The van der Waals surface area contributed by atoms with Crippen LogP contribution in [0.2, 0.25) is 0 Å². The molecule has 2 nitrogen and oxygen atoms in total. The molecule has 0 aromatic heterocycles. The number of hydrogen-bond donors (Lipinski definition) is 0. The molecule has 0 aliphatic rings. The van der Waals surface area contributed by atoms with Gasteiger partial charge in [0, 0.05) is 23.1 Å². The van der Waals surface area contributed by atoms with Gasteiger partial charge in [-0.15, -0.1) is 13.2 Å². The Balaban J connectivity index is 1.45. The third-order valence-corrected chi connectivity index (χ3v) is 6.31. The molecule has 0 amide bonds. The summed E-state index contributed by atoms with van der Waals surface area (Å²) in [7, 11) is 0. The van der Waals surface area contributed by atoms with Gasteiger partial charge in [-0.05, 0) is 66.3 Å². The highest BCUT2D eigenvalue weighted by molar-refractivity contribution is 5.84. The molecule has 40 heavy (non-hydrogen) atoms. The molecule has 0 fully saturated rings. The molecule has 0 spiro atoms. The first-order valence-electron chi connectivity index (χ1n) is 12.5. The zero-order valence-electron chi connectivity index (χ0n) is 21.3. The van der Waals surface area contributed by atoms with Crippen molar-refractivity contribution >= 4 is 10.8 Å². The van der Waals surface area contributed by atoms with Crippen LogP contribution in [-0.4, -0.2) is 13.0 Å². The van der Waals surface area contributed by atoms with Crippen LogP contribution in [0.4, 0.5) is 35.1 Å². The number of alkyl halides is 3. The van der Waals surface area contributed by atoms with E-state index in [2.05, 4.69) is 4.74 Å². The van der Waals surface area contributed by atoms with E-state index in [1.54, 1.807) is 24.3 Å². The molecule has 0 aliphatic carbocycles. The van der Waals surface area contributed by atoms with Crippen molar-refractivity contribution in [2.45, 2.75) is 45.4 Å². The lowest BCUT2D eigenvalue weighted by atomic mass is 9.97. The molecule has 10 heteroatoms. The SMILES string of the molecule is CCCOc1cc(F)c(CCc2ccc3c(F)c(CCc4cc(F)c(OC(F)(F)F)c(F)c4)ccc3c2)c(F)c1. The van der Waals surface area contributed by atoms with E-state index in [1.807, 2.05) is 6.92 Å². The van der Waals surface area contributed by atoms with E-state index in [-0.39, 0.29) is 47.1 Å². The predicted molar refractivity (Wildman–Crippen MR) is 134 cm³/mol. The minimum atomic E-state index is -5.25. The van der Waals surface area contributed by atoms with Crippen molar-refractivity contribution in [2.24, 2.45) is 0 Å². The second-order valence-electron chi connectivity index (χ2n) is 9.24. The highest BCUT2D eigenvalue weighted by Gasteiger charge is 2.34. The van der Waals surface area contributed by atoms with Crippen molar-refractivity contribution in [3.8, 4) is 11.5 Å². The normalized spacial score (nSPS) is 11.7. The van der Waals surface area contributed by atoms with E-state index < -0.39 is 41.2 Å². The van der Waals surface area contributed by atoms with E-state index >= 15 is 4.39 Å². The van der Waals surface area contributed by atoms with Gasteiger partial charge in [0.2, 0.25) is 5.75 Å². The Bertz CT molecular complexity index is 1470. The Hall–Kier alpha value is -3.82. The van der Waals surface area contributed by atoms with E-state index in [0.717, 1.165) is 17.7 Å². The molecule has 0 unspecified atom stereocenters. The second kappa shape index (κ2) is 12.1. The van der Waals surface area contributed by atoms with Crippen molar-refractivity contribution in [3.05, 3.63) is 106 Å². The molecular formula is C30H24F8O2. The topological polar surface area (TPSA) is 18.5 Å². The molecule has 0 saturated carbocycles. The second-order valence-corrected chi connectivity index (χ2v) is 9.24. The Morgan fingerprint density at radius 3 is 1.95 bits per heavy atom. The molecule has 0 atom stereocenters. The van der Waals surface area contributed by atoms with Gasteiger partial charge < -0.3 is 9.47 Å². The van der Waals surface area contributed by atoms with Gasteiger partial charge in [0.05, 0.1) is 6.61 Å². The first-order valence-corrected chi connectivity index (χ1v) is 12.5. The Kier molecular flexibility index (Phi) is 8.85. The number of benzene rings is 4. The Labute approximate surface area is 225 Å². The average Bonchev–Trinajstić information content (AvgIpc) is 2.88. The third-order valence-electron chi connectivity index (χ3n) is 6.31. The highest BCUT2D eigenvalue weighted by atomic mass is 19.4. The van der Waals surface area contributed by atoms with E-state index in [9.17, 15) is 30.7 Å². The maximum atomic E-state index is 15.2. The molecule has 4 aromatic rings. The molecule has 0 bridgehead atoms. The predicted octanol–water partition coefficient (Wildman–Crippen LogP) is 8.79. The molecule has 4 aromatic carbocycles. The summed E-state index contributed by atoms with van der Waals surface area (Å²) in [5.41, 5.74) is 0.934. The van der Waals surface area contributed by atoms with Crippen LogP contribution < -0.4 is 9.47 Å². The van der Waals surface area contributed by atoms with Gasteiger partial charge in [-0.1, -0.05) is 37.3 Å². The highest BCUT2D eigenvalue weighted by Crippen LogP contribution is 2.31. The summed E-state index contributed by atoms with van der Waals surface area (Å²) < 4.78 is 118. The lowest BCUT2D eigenvalue weighted by Crippen LogP contribution is -2.19. The summed E-state index contributed by atoms with van der Waals surface area (Å²) in [5, 5.41) is 0.830. The van der Waals surface area contributed by atoms with Gasteiger partial charge in [-0.2, -0.15) is 0 Å². The minimum absolute atomic E-state index is 0.0262. The van der Waals surface area contributed by atoms with Gasteiger partial charge in [-0.3, -0.25) is 0 Å². The monoisotopic (exact) mass is 568 g/mol. The van der Waals surface area contributed by atoms with Gasteiger partial charge in [-0.25, -0.2) is 22.0 Å². The molecule has 0 radical (unpaired) electrons. The molecular weight excluding hydrogens is 544 g/mol. The summed E-state index contributed by atoms with van der Waals surface area (Å²) in [6.07, 6.45) is -4.19. The number of rotatable bonds is 10. The fraction of sp³-hybridized carbons (Fsp3) is 0.267. The molecule has 0 N–H and O–H groups in total. The van der Waals surface area contributed by atoms with Crippen LogP contribution in [0, 0.1) is 29.1 Å². The zero-order valence-corrected chi connectivity index (χ0v) is 21.3. The minimum Gasteiger partial charge on any atom is -0.493 e. The van der Waals surface area contributed by atoms with E-state index in [0.29, 0.717) is 37.0 Å². The van der Waals surface area contributed by atoms with Crippen LogP contribution in [0.25, 0.3) is 10.8 Å². The van der Waals surface area contributed by atoms with Gasteiger partial charge in [0.1, 0.15) is 23.2 Å². The van der Waals surface area contributed by atoms with Crippen molar-refractivity contribution in [1.29, 1.82) is 0 Å². The number of halogens is 8. The first kappa shape index (κ1) is 29.2. The van der Waals surface area contributed by atoms with Crippen LogP contribution in [0.15, 0.2) is 54.6 Å². The maximum absolute atomic E-state index is 15.2. The molecule has 0 heterocycles. The number of ether oxygens (including phenoxy) is 2. The summed E-state index contributed by atoms with van der Waals surface area (Å²) >= 11 is 0. The summed E-state index contributed by atoms with van der Waals surface area (Å²) in [4.78, 5) is 0. The van der Waals surface area contributed by atoms with Crippen LogP contribution in [-0.2, 0) is 25.7 Å². The lowest BCUT2D eigenvalue weighted by molar-refractivity contribution is -0.276. The fourth-order valence-corrected chi connectivity index (χ4v) is 4.38. The number of aryl methyl sites for hydroxylation is 3. The van der Waals surface area contributed by atoms with Crippen LogP contribution in [0.5, 0.6) is 11.5 Å². The van der Waals surface area contributed by atoms with Crippen molar-refractivity contribution in [2.75, 3.05) is 6.61 Å². The molecule has 0 saturated heterocycles. The van der Waals surface area contributed by atoms with Crippen molar-refractivity contribution in [3.63, 3.8) is 0 Å². The summed E-state index contributed by atoms with van der Waals surface area (Å²) in [5.74, 6) is -6.41. The van der Waals surface area contributed by atoms with Gasteiger partial charge >= 0.3 is 6.36 Å². The Morgan fingerprint density at radius 1 is 0.675 bits per heavy atom. The zero-order chi connectivity index (χ0) is 29.0.